The number of rotatable bonds is 7. The summed E-state index contributed by atoms with van der Waals surface area (Å²) in [5, 5.41) is 10.1. The van der Waals surface area contributed by atoms with Gasteiger partial charge in [-0.15, -0.1) is 0 Å². The lowest BCUT2D eigenvalue weighted by atomic mass is 10.0. The zero-order chi connectivity index (χ0) is 17.8. The molecule has 4 atom stereocenters. The van der Waals surface area contributed by atoms with E-state index in [0.717, 1.165) is 30.6 Å². The van der Waals surface area contributed by atoms with Crippen molar-refractivity contribution in [3.05, 3.63) is 34.9 Å². The standard InChI is InChI=1S/C18H24ClN3O2S/c1-11(12-5-4-6-13(19)9-12)20-16(23)8-3-2-7-15-17-14(10-25-15)21-18(24)22-17/h4-6,9,11,14-15,17H,2-3,7-8,10H2,1H3,(H,20,23)(H2,21,22,24)/t11-,14-,15-,17-/m0/s1. The van der Waals surface area contributed by atoms with Crippen LogP contribution in [0.1, 0.15) is 44.2 Å². The quantitative estimate of drug-likeness (QED) is 0.501. The third-order valence-electron chi connectivity index (χ3n) is 4.81. The molecule has 0 bridgehead atoms. The van der Waals surface area contributed by atoms with Gasteiger partial charge in [-0.25, -0.2) is 4.79 Å². The summed E-state index contributed by atoms with van der Waals surface area (Å²) in [5.74, 6) is 1.05. The van der Waals surface area contributed by atoms with Crippen LogP contribution in [-0.4, -0.2) is 35.0 Å². The SMILES string of the molecule is C[C@H](NC(=O)CCCC[C@@H]1SC[C@@H]2NC(=O)N[C@@H]21)c1cccc(Cl)c1. The molecule has 2 aliphatic rings. The monoisotopic (exact) mass is 381 g/mol. The van der Waals surface area contributed by atoms with Crippen LogP contribution in [0.4, 0.5) is 4.79 Å². The first-order valence-corrected chi connectivity index (χ1v) is 10.2. The first-order valence-electron chi connectivity index (χ1n) is 8.76. The van der Waals surface area contributed by atoms with Crippen LogP contribution in [0.25, 0.3) is 0 Å². The second-order valence-corrected chi connectivity index (χ2v) is 8.42. The summed E-state index contributed by atoms with van der Waals surface area (Å²) in [6, 6.07) is 7.99. The van der Waals surface area contributed by atoms with E-state index in [1.165, 1.54) is 0 Å². The highest BCUT2D eigenvalue weighted by Gasteiger charge is 2.42. The number of carbonyl (C=O) groups excluding carboxylic acids is 2. The van der Waals surface area contributed by atoms with Crippen LogP contribution in [0.2, 0.25) is 5.02 Å². The van der Waals surface area contributed by atoms with E-state index in [9.17, 15) is 9.59 Å². The molecule has 25 heavy (non-hydrogen) atoms. The second-order valence-electron chi connectivity index (χ2n) is 6.71. The fourth-order valence-corrected chi connectivity index (χ4v) is 5.19. The number of thioether (sulfide) groups is 1. The number of benzene rings is 1. The lowest BCUT2D eigenvalue weighted by Gasteiger charge is -2.17. The van der Waals surface area contributed by atoms with E-state index in [-0.39, 0.29) is 30.1 Å². The molecule has 0 spiro atoms. The first kappa shape index (κ1) is 18.4. The molecule has 136 valence electrons. The summed E-state index contributed by atoms with van der Waals surface area (Å²) >= 11 is 7.91. The summed E-state index contributed by atoms with van der Waals surface area (Å²) < 4.78 is 0. The van der Waals surface area contributed by atoms with Crippen molar-refractivity contribution in [1.29, 1.82) is 0 Å². The van der Waals surface area contributed by atoms with Gasteiger partial charge in [0.2, 0.25) is 5.91 Å². The molecule has 0 aliphatic carbocycles. The van der Waals surface area contributed by atoms with Gasteiger partial charge in [0.15, 0.2) is 0 Å². The van der Waals surface area contributed by atoms with Crippen molar-refractivity contribution in [2.24, 2.45) is 0 Å². The van der Waals surface area contributed by atoms with Crippen LogP contribution in [0.15, 0.2) is 24.3 Å². The number of fused-ring (bicyclic) bond motifs is 1. The molecule has 3 amide bonds. The van der Waals surface area contributed by atoms with Gasteiger partial charge in [0.1, 0.15) is 0 Å². The Morgan fingerprint density at radius 1 is 1.40 bits per heavy atom. The second kappa shape index (κ2) is 8.32. The van der Waals surface area contributed by atoms with Crippen molar-refractivity contribution >= 4 is 35.3 Å². The van der Waals surface area contributed by atoms with E-state index in [2.05, 4.69) is 16.0 Å². The lowest BCUT2D eigenvalue weighted by molar-refractivity contribution is -0.121. The van der Waals surface area contributed by atoms with Crippen molar-refractivity contribution in [3.63, 3.8) is 0 Å². The van der Waals surface area contributed by atoms with Gasteiger partial charge in [-0.3, -0.25) is 4.79 Å². The number of urea groups is 1. The molecule has 3 N–H and O–H groups in total. The summed E-state index contributed by atoms with van der Waals surface area (Å²) in [5.41, 5.74) is 1.01. The number of carbonyl (C=O) groups is 2. The molecule has 0 unspecified atom stereocenters. The molecular formula is C18H24ClN3O2S. The normalized spacial score (nSPS) is 25.8. The van der Waals surface area contributed by atoms with E-state index < -0.39 is 0 Å². The number of amides is 3. The molecule has 0 saturated carbocycles. The van der Waals surface area contributed by atoms with Gasteiger partial charge < -0.3 is 16.0 Å². The van der Waals surface area contributed by atoms with Gasteiger partial charge in [-0.2, -0.15) is 11.8 Å². The minimum Gasteiger partial charge on any atom is -0.350 e. The average molecular weight is 382 g/mol. The van der Waals surface area contributed by atoms with Crippen molar-refractivity contribution in [3.8, 4) is 0 Å². The first-order chi connectivity index (χ1) is 12.0. The molecule has 5 nitrogen and oxygen atoms in total. The Hall–Kier alpha value is -1.40. The molecule has 2 heterocycles. The Balaban J connectivity index is 1.35. The fourth-order valence-electron chi connectivity index (χ4n) is 3.45. The van der Waals surface area contributed by atoms with Crippen molar-refractivity contribution < 1.29 is 9.59 Å². The van der Waals surface area contributed by atoms with Crippen LogP contribution in [-0.2, 0) is 4.79 Å². The van der Waals surface area contributed by atoms with Gasteiger partial charge >= 0.3 is 6.03 Å². The minimum atomic E-state index is -0.0466. The summed E-state index contributed by atoms with van der Waals surface area (Å²) in [6.07, 6.45) is 3.42. The zero-order valence-corrected chi connectivity index (χ0v) is 15.8. The fraction of sp³-hybridized carbons (Fsp3) is 0.556. The maximum Gasteiger partial charge on any atom is 0.315 e. The molecule has 3 rings (SSSR count). The Morgan fingerprint density at radius 3 is 3.04 bits per heavy atom. The van der Waals surface area contributed by atoms with Gasteiger partial charge in [0.25, 0.3) is 0 Å². The smallest absolute Gasteiger partial charge is 0.315 e. The largest absolute Gasteiger partial charge is 0.350 e. The molecule has 0 radical (unpaired) electrons. The summed E-state index contributed by atoms with van der Waals surface area (Å²) in [7, 11) is 0. The van der Waals surface area contributed by atoms with Gasteiger partial charge in [0.05, 0.1) is 18.1 Å². The van der Waals surface area contributed by atoms with Crippen molar-refractivity contribution in [1.82, 2.24) is 16.0 Å². The van der Waals surface area contributed by atoms with E-state index in [4.69, 9.17) is 11.6 Å². The van der Waals surface area contributed by atoms with E-state index in [0.29, 0.717) is 16.7 Å². The highest BCUT2D eigenvalue weighted by Crippen LogP contribution is 2.33. The Kier molecular flexibility index (Phi) is 6.12. The topological polar surface area (TPSA) is 70.2 Å². The van der Waals surface area contributed by atoms with Crippen LogP contribution >= 0.6 is 23.4 Å². The summed E-state index contributed by atoms with van der Waals surface area (Å²) in [4.78, 5) is 23.5. The highest BCUT2D eigenvalue weighted by molar-refractivity contribution is 8.00. The average Bonchev–Trinajstić information content (AvgIpc) is 3.11. The van der Waals surface area contributed by atoms with Crippen LogP contribution < -0.4 is 16.0 Å². The molecular weight excluding hydrogens is 358 g/mol. The third kappa shape index (κ3) is 4.82. The Morgan fingerprint density at radius 2 is 2.24 bits per heavy atom. The lowest BCUT2D eigenvalue weighted by Crippen LogP contribution is -2.36. The maximum atomic E-state index is 12.1. The zero-order valence-electron chi connectivity index (χ0n) is 14.3. The Labute approximate surface area is 157 Å². The predicted octanol–water partition coefficient (Wildman–Crippen LogP) is 3.24. The maximum absolute atomic E-state index is 12.1. The number of hydrogen-bond acceptors (Lipinski definition) is 3. The van der Waals surface area contributed by atoms with E-state index in [1.54, 1.807) is 0 Å². The number of hydrogen-bond donors (Lipinski definition) is 3. The molecule has 0 aromatic heterocycles. The van der Waals surface area contributed by atoms with Crippen molar-refractivity contribution in [2.75, 3.05) is 5.75 Å². The highest BCUT2D eigenvalue weighted by atomic mass is 35.5. The van der Waals surface area contributed by atoms with Crippen LogP contribution in [0.3, 0.4) is 0 Å². The predicted molar refractivity (Wildman–Crippen MR) is 102 cm³/mol. The number of unbranched alkanes of at least 4 members (excludes halogenated alkanes) is 1. The van der Waals surface area contributed by atoms with Crippen molar-refractivity contribution in [2.45, 2.75) is 56.0 Å². The van der Waals surface area contributed by atoms with Gasteiger partial charge in [-0.05, 0) is 37.5 Å². The molecule has 2 fully saturated rings. The number of nitrogens with one attached hydrogen (secondary N) is 3. The van der Waals surface area contributed by atoms with Crippen LogP contribution in [0, 0.1) is 0 Å². The number of halogens is 1. The van der Waals surface area contributed by atoms with E-state index in [1.807, 2.05) is 43.0 Å². The van der Waals surface area contributed by atoms with Gasteiger partial charge in [-0.1, -0.05) is 30.2 Å². The Bertz CT molecular complexity index is 643. The van der Waals surface area contributed by atoms with E-state index >= 15 is 0 Å². The summed E-state index contributed by atoms with van der Waals surface area (Å²) in [6.45, 7) is 1.97. The molecule has 1 aromatic carbocycles. The molecule has 7 heteroatoms. The molecule has 2 aliphatic heterocycles. The third-order valence-corrected chi connectivity index (χ3v) is 6.55. The molecule has 1 aromatic rings. The van der Waals surface area contributed by atoms with Crippen LogP contribution in [0.5, 0.6) is 0 Å². The van der Waals surface area contributed by atoms with Gasteiger partial charge in [0, 0.05) is 22.4 Å². The molecule has 2 saturated heterocycles. The minimum absolute atomic E-state index is 0.0443.